The van der Waals surface area contributed by atoms with Crippen LogP contribution < -0.4 is 10.6 Å². The van der Waals surface area contributed by atoms with Gasteiger partial charge in [0.2, 0.25) is 11.9 Å². The van der Waals surface area contributed by atoms with Crippen LogP contribution in [0.2, 0.25) is 0 Å². The Morgan fingerprint density at radius 2 is 1.96 bits per heavy atom. The summed E-state index contributed by atoms with van der Waals surface area (Å²) in [6.45, 7) is 4.87. The Morgan fingerprint density at radius 1 is 1.16 bits per heavy atom. The maximum Gasteiger partial charge on any atom is 0.223 e. The van der Waals surface area contributed by atoms with Gasteiger partial charge < -0.3 is 10.6 Å². The van der Waals surface area contributed by atoms with Crippen molar-refractivity contribution in [3.8, 4) is 0 Å². The van der Waals surface area contributed by atoms with Crippen LogP contribution in [0.25, 0.3) is 5.65 Å². The van der Waals surface area contributed by atoms with Crippen molar-refractivity contribution < 1.29 is 4.79 Å². The number of amides is 1. The molecule has 8 nitrogen and oxygen atoms in total. The van der Waals surface area contributed by atoms with Gasteiger partial charge in [0.05, 0.1) is 6.54 Å². The molecule has 130 valence electrons. The number of aromatic nitrogens is 5. The Labute approximate surface area is 145 Å². The van der Waals surface area contributed by atoms with Crippen LogP contribution in [0.1, 0.15) is 30.1 Å². The van der Waals surface area contributed by atoms with E-state index in [0.29, 0.717) is 37.7 Å². The number of fused-ring (bicyclic) bond motifs is 1. The molecule has 0 fully saturated rings. The number of nitrogens with one attached hydrogen (secondary N) is 2. The molecule has 3 rings (SSSR count). The maximum atomic E-state index is 12.0. The summed E-state index contributed by atoms with van der Waals surface area (Å²) in [5.41, 5.74) is 2.62. The summed E-state index contributed by atoms with van der Waals surface area (Å²) in [4.78, 5) is 20.6. The molecule has 0 unspecified atom stereocenters. The molecular formula is C17H21N7O. The van der Waals surface area contributed by atoms with Crippen LogP contribution in [0.3, 0.4) is 0 Å². The first-order chi connectivity index (χ1) is 12.1. The van der Waals surface area contributed by atoms with Gasteiger partial charge in [0.1, 0.15) is 0 Å². The normalized spacial score (nSPS) is 10.8. The predicted molar refractivity (Wildman–Crippen MR) is 94.1 cm³/mol. The average Bonchev–Trinajstić information content (AvgIpc) is 2.99. The Bertz CT molecular complexity index is 854. The smallest absolute Gasteiger partial charge is 0.223 e. The van der Waals surface area contributed by atoms with Crippen LogP contribution >= 0.6 is 0 Å². The van der Waals surface area contributed by atoms with Crippen molar-refractivity contribution in [2.45, 2.75) is 33.2 Å². The standard InChI is InChI=1S/C17H21N7O/c1-12-10-13(2)21-17(20-12)18-8-5-7-16(25)19-11-15-23-22-14-6-3-4-9-24(14)15/h3-4,6,9-10H,5,7-8,11H2,1-2H3,(H,19,25)(H,18,20,21). The molecule has 1 amide bonds. The number of hydrogen-bond acceptors (Lipinski definition) is 6. The van der Waals surface area contributed by atoms with E-state index in [2.05, 4.69) is 30.8 Å². The van der Waals surface area contributed by atoms with Crippen LogP contribution in [0.15, 0.2) is 30.5 Å². The number of aryl methyl sites for hydroxylation is 2. The van der Waals surface area contributed by atoms with Crippen molar-refractivity contribution in [2.75, 3.05) is 11.9 Å². The summed E-state index contributed by atoms with van der Waals surface area (Å²) in [6.07, 6.45) is 3.00. The highest BCUT2D eigenvalue weighted by molar-refractivity contribution is 5.75. The first-order valence-corrected chi connectivity index (χ1v) is 8.23. The molecule has 0 aliphatic rings. The molecule has 2 N–H and O–H groups in total. The van der Waals surface area contributed by atoms with Gasteiger partial charge in [0, 0.05) is 30.6 Å². The molecule has 0 aliphatic carbocycles. The molecular weight excluding hydrogens is 318 g/mol. The Kier molecular flexibility index (Phi) is 5.17. The van der Waals surface area contributed by atoms with Gasteiger partial charge in [0.15, 0.2) is 11.5 Å². The summed E-state index contributed by atoms with van der Waals surface area (Å²) in [6, 6.07) is 7.60. The number of nitrogens with zero attached hydrogens (tertiary/aromatic N) is 5. The second-order valence-electron chi connectivity index (χ2n) is 5.83. The van der Waals surface area contributed by atoms with Crippen molar-refractivity contribution in [3.63, 3.8) is 0 Å². The number of hydrogen-bond donors (Lipinski definition) is 2. The van der Waals surface area contributed by atoms with E-state index < -0.39 is 0 Å². The summed E-state index contributed by atoms with van der Waals surface area (Å²) < 4.78 is 1.86. The van der Waals surface area contributed by atoms with E-state index in [1.165, 1.54) is 0 Å². The summed E-state index contributed by atoms with van der Waals surface area (Å²) in [7, 11) is 0. The third-order valence-corrected chi connectivity index (χ3v) is 3.67. The minimum Gasteiger partial charge on any atom is -0.354 e. The number of rotatable bonds is 7. The van der Waals surface area contributed by atoms with E-state index in [9.17, 15) is 4.79 Å². The maximum absolute atomic E-state index is 12.0. The molecule has 0 spiro atoms. The summed E-state index contributed by atoms with van der Waals surface area (Å²) in [5.74, 6) is 1.30. The van der Waals surface area contributed by atoms with E-state index >= 15 is 0 Å². The van der Waals surface area contributed by atoms with Crippen LogP contribution in [-0.2, 0) is 11.3 Å². The number of anilines is 1. The predicted octanol–water partition coefficient (Wildman–Crippen LogP) is 1.64. The van der Waals surface area contributed by atoms with Crippen LogP contribution in [0, 0.1) is 13.8 Å². The fraction of sp³-hybridized carbons (Fsp3) is 0.353. The van der Waals surface area contributed by atoms with Gasteiger partial charge in [-0.3, -0.25) is 9.20 Å². The third-order valence-electron chi connectivity index (χ3n) is 3.67. The lowest BCUT2D eigenvalue weighted by Gasteiger charge is -2.07. The molecule has 8 heteroatoms. The first-order valence-electron chi connectivity index (χ1n) is 8.23. The fourth-order valence-electron chi connectivity index (χ4n) is 2.53. The zero-order valence-corrected chi connectivity index (χ0v) is 14.4. The summed E-state index contributed by atoms with van der Waals surface area (Å²) >= 11 is 0. The average molecular weight is 339 g/mol. The topological polar surface area (TPSA) is 97.1 Å². The monoisotopic (exact) mass is 339 g/mol. The molecule has 0 bridgehead atoms. The summed E-state index contributed by atoms with van der Waals surface area (Å²) in [5, 5.41) is 14.2. The zero-order valence-electron chi connectivity index (χ0n) is 14.4. The van der Waals surface area contributed by atoms with Crippen LogP contribution in [0.5, 0.6) is 0 Å². The van der Waals surface area contributed by atoms with E-state index in [1.54, 1.807) is 0 Å². The van der Waals surface area contributed by atoms with Gasteiger partial charge in [-0.1, -0.05) is 6.07 Å². The van der Waals surface area contributed by atoms with Crippen LogP contribution in [0.4, 0.5) is 5.95 Å². The molecule has 25 heavy (non-hydrogen) atoms. The SMILES string of the molecule is Cc1cc(C)nc(NCCCC(=O)NCc2nnc3ccccn23)n1. The minimum absolute atomic E-state index is 0.0178. The molecule has 0 saturated carbocycles. The molecule has 0 atom stereocenters. The van der Waals surface area contributed by atoms with Crippen LogP contribution in [-0.4, -0.2) is 37.0 Å². The van der Waals surface area contributed by atoms with E-state index in [-0.39, 0.29) is 5.91 Å². The Hall–Kier alpha value is -3.03. The van der Waals surface area contributed by atoms with Crippen molar-refractivity contribution in [3.05, 3.63) is 47.7 Å². The van der Waals surface area contributed by atoms with Crippen molar-refractivity contribution >= 4 is 17.5 Å². The second-order valence-corrected chi connectivity index (χ2v) is 5.83. The first kappa shape index (κ1) is 16.8. The zero-order chi connectivity index (χ0) is 17.6. The van der Waals surface area contributed by atoms with Gasteiger partial charge >= 0.3 is 0 Å². The van der Waals surface area contributed by atoms with Crippen molar-refractivity contribution in [2.24, 2.45) is 0 Å². The quantitative estimate of drug-likeness (QED) is 0.635. The largest absolute Gasteiger partial charge is 0.354 e. The Morgan fingerprint density at radius 3 is 2.76 bits per heavy atom. The highest BCUT2D eigenvalue weighted by Crippen LogP contribution is 2.05. The van der Waals surface area contributed by atoms with E-state index in [4.69, 9.17) is 0 Å². The molecule has 0 aromatic carbocycles. The second kappa shape index (κ2) is 7.69. The molecule has 3 aromatic heterocycles. The molecule has 0 aliphatic heterocycles. The van der Waals surface area contributed by atoms with Gasteiger partial charge in [-0.25, -0.2) is 9.97 Å². The fourth-order valence-corrected chi connectivity index (χ4v) is 2.53. The lowest BCUT2D eigenvalue weighted by molar-refractivity contribution is -0.121. The molecule has 3 heterocycles. The minimum atomic E-state index is -0.0178. The van der Waals surface area contributed by atoms with Crippen molar-refractivity contribution in [1.29, 1.82) is 0 Å². The van der Waals surface area contributed by atoms with Gasteiger partial charge in [-0.05, 0) is 38.5 Å². The Balaban J connectivity index is 1.41. The van der Waals surface area contributed by atoms with E-state index in [0.717, 1.165) is 17.0 Å². The van der Waals surface area contributed by atoms with E-state index in [1.807, 2.05) is 48.7 Å². The molecule has 0 saturated heterocycles. The highest BCUT2D eigenvalue weighted by Gasteiger charge is 2.07. The van der Waals surface area contributed by atoms with Crippen molar-refractivity contribution in [1.82, 2.24) is 29.9 Å². The number of carbonyl (C=O) groups is 1. The lowest BCUT2D eigenvalue weighted by Crippen LogP contribution is -2.24. The molecule has 3 aromatic rings. The van der Waals surface area contributed by atoms with Gasteiger partial charge in [-0.2, -0.15) is 0 Å². The highest BCUT2D eigenvalue weighted by atomic mass is 16.1. The molecule has 0 radical (unpaired) electrons. The van der Waals surface area contributed by atoms with Gasteiger partial charge in [-0.15, -0.1) is 10.2 Å². The number of carbonyl (C=O) groups excluding carboxylic acids is 1. The number of pyridine rings is 1. The third kappa shape index (κ3) is 4.50. The lowest BCUT2D eigenvalue weighted by atomic mass is 10.3. The van der Waals surface area contributed by atoms with Gasteiger partial charge in [0.25, 0.3) is 0 Å².